The van der Waals surface area contributed by atoms with Crippen LogP contribution in [0.5, 0.6) is 0 Å². The Balaban J connectivity index is 4.03. The lowest BCUT2D eigenvalue weighted by molar-refractivity contribution is 0.122. The molecule has 0 aromatic rings. The van der Waals surface area contributed by atoms with Crippen LogP contribution in [0.15, 0.2) is 0 Å². The third-order valence-electron chi connectivity index (χ3n) is 1.46. The highest BCUT2D eigenvalue weighted by Crippen LogP contribution is 1.87. The summed E-state index contributed by atoms with van der Waals surface area (Å²) in [6.07, 6.45) is -1.28. The van der Waals surface area contributed by atoms with Gasteiger partial charge in [0.1, 0.15) is 0 Å². The highest BCUT2D eigenvalue weighted by molar-refractivity contribution is 7.88. The van der Waals surface area contributed by atoms with Gasteiger partial charge in [-0.1, -0.05) is 0 Å². The van der Waals surface area contributed by atoms with Gasteiger partial charge < -0.3 is 9.47 Å². The fourth-order valence-corrected chi connectivity index (χ4v) is 1.42. The first-order valence-electron chi connectivity index (χ1n) is 4.38. The minimum atomic E-state index is -3.86. The van der Waals surface area contributed by atoms with Gasteiger partial charge in [-0.25, -0.2) is 9.52 Å². The molecule has 0 radical (unpaired) electrons. The van der Waals surface area contributed by atoms with E-state index < -0.39 is 16.3 Å². The lowest BCUT2D eigenvalue weighted by Gasteiger charge is -2.11. The standard InChI is InChI=1S/C7H16N2O5S/c1-4-14-7(10)9-15(11,12)8-5-6(2)13-3/h6,8H,4-5H2,1-3H3,(H,9,10). The van der Waals surface area contributed by atoms with Crippen molar-refractivity contribution >= 4 is 16.3 Å². The molecule has 15 heavy (non-hydrogen) atoms. The van der Waals surface area contributed by atoms with Gasteiger partial charge in [0.15, 0.2) is 0 Å². The van der Waals surface area contributed by atoms with Crippen LogP contribution in [0.25, 0.3) is 0 Å². The van der Waals surface area contributed by atoms with Crippen LogP contribution in [0.1, 0.15) is 13.8 Å². The average Bonchev–Trinajstić information content (AvgIpc) is 2.13. The molecular formula is C7H16N2O5S. The molecule has 0 aromatic carbocycles. The Morgan fingerprint density at radius 3 is 2.53 bits per heavy atom. The van der Waals surface area contributed by atoms with Gasteiger partial charge in [0, 0.05) is 13.7 Å². The Bertz CT molecular complexity index is 290. The summed E-state index contributed by atoms with van der Waals surface area (Å²) in [5.41, 5.74) is 0. The van der Waals surface area contributed by atoms with Crippen LogP contribution in [0, 0.1) is 0 Å². The van der Waals surface area contributed by atoms with Crippen molar-refractivity contribution in [1.29, 1.82) is 0 Å². The van der Waals surface area contributed by atoms with Gasteiger partial charge in [-0.15, -0.1) is 0 Å². The first kappa shape index (κ1) is 14.1. The van der Waals surface area contributed by atoms with Gasteiger partial charge in [-0.3, -0.25) is 0 Å². The molecule has 7 nitrogen and oxygen atoms in total. The summed E-state index contributed by atoms with van der Waals surface area (Å²) in [4.78, 5) is 10.8. The molecule has 1 unspecified atom stereocenters. The normalized spacial score (nSPS) is 13.3. The summed E-state index contributed by atoms with van der Waals surface area (Å²) < 4.78 is 35.4. The maximum Gasteiger partial charge on any atom is 0.421 e. The topological polar surface area (TPSA) is 93.7 Å². The molecule has 0 aliphatic heterocycles. The second-order valence-corrected chi connectivity index (χ2v) is 4.22. The molecule has 0 aliphatic carbocycles. The van der Waals surface area contributed by atoms with Gasteiger partial charge >= 0.3 is 16.3 Å². The maximum absolute atomic E-state index is 11.2. The molecule has 0 aliphatic rings. The van der Waals surface area contributed by atoms with Crippen molar-refractivity contribution < 1.29 is 22.7 Å². The summed E-state index contributed by atoms with van der Waals surface area (Å²) in [6, 6.07) is 0. The van der Waals surface area contributed by atoms with E-state index in [9.17, 15) is 13.2 Å². The highest BCUT2D eigenvalue weighted by atomic mass is 32.2. The third kappa shape index (κ3) is 7.11. The Labute approximate surface area is 89.3 Å². The number of nitrogens with one attached hydrogen (secondary N) is 2. The van der Waals surface area contributed by atoms with Crippen LogP contribution < -0.4 is 9.44 Å². The molecule has 0 heterocycles. The minimum Gasteiger partial charge on any atom is -0.449 e. The fourth-order valence-electron chi connectivity index (χ4n) is 0.617. The fraction of sp³-hybridized carbons (Fsp3) is 0.857. The average molecular weight is 240 g/mol. The van der Waals surface area contributed by atoms with E-state index in [4.69, 9.17) is 4.74 Å². The van der Waals surface area contributed by atoms with Gasteiger partial charge in [-0.2, -0.15) is 13.1 Å². The zero-order valence-electron chi connectivity index (χ0n) is 8.94. The number of rotatable bonds is 6. The van der Waals surface area contributed by atoms with Crippen molar-refractivity contribution in [3.05, 3.63) is 0 Å². The minimum absolute atomic E-state index is 0.0746. The number of hydrogen-bond donors (Lipinski definition) is 2. The SMILES string of the molecule is CCOC(=O)NS(=O)(=O)NCC(C)OC. The first-order chi connectivity index (χ1) is 6.91. The maximum atomic E-state index is 11.2. The third-order valence-corrected chi connectivity index (χ3v) is 2.44. The Morgan fingerprint density at radius 2 is 2.07 bits per heavy atom. The van der Waals surface area contributed by atoms with Crippen LogP contribution in [0.4, 0.5) is 4.79 Å². The number of carbonyl (C=O) groups excluding carboxylic acids is 1. The van der Waals surface area contributed by atoms with Crippen molar-refractivity contribution in [1.82, 2.24) is 9.44 Å². The number of ether oxygens (including phenoxy) is 2. The predicted octanol–water partition coefficient (Wildman–Crippen LogP) is -0.398. The summed E-state index contributed by atoms with van der Waals surface area (Å²) >= 11 is 0. The van der Waals surface area contributed by atoms with E-state index in [1.54, 1.807) is 18.6 Å². The molecular weight excluding hydrogens is 224 g/mol. The van der Waals surface area contributed by atoms with Crippen molar-refractivity contribution in [2.75, 3.05) is 20.3 Å². The summed E-state index contributed by atoms with van der Waals surface area (Å²) in [5.74, 6) is 0. The van der Waals surface area contributed by atoms with Gasteiger partial charge in [0.05, 0.1) is 12.7 Å². The zero-order chi connectivity index (χ0) is 11.9. The van der Waals surface area contributed by atoms with E-state index in [0.717, 1.165) is 0 Å². The first-order valence-corrected chi connectivity index (χ1v) is 5.86. The van der Waals surface area contributed by atoms with E-state index in [0.29, 0.717) is 0 Å². The van der Waals surface area contributed by atoms with Crippen LogP contribution >= 0.6 is 0 Å². The van der Waals surface area contributed by atoms with Crippen LogP contribution in [-0.4, -0.2) is 40.9 Å². The lowest BCUT2D eigenvalue weighted by Crippen LogP contribution is -2.43. The highest BCUT2D eigenvalue weighted by Gasteiger charge is 2.15. The van der Waals surface area contributed by atoms with E-state index >= 15 is 0 Å². The monoisotopic (exact) mass is 240 g/mol. The molecule has 2 N–H and O–H groups in total. The van der Waals surface area contributed by atoms with Crippen LogP contribution in [0.2, 0.25) is 0 Å². The Hall–Kier alpha value is -0.860. The van der Waals surface area contributed by atoms with E-state index in [-0.39, 0.29) is 19.3 Å². The molecule has 0 saturated heterocycles. The molecule has 0 rings (SSSR count). The van der Waals surface area contributed by atoms with E-state index in [2.05, 4.69) is 9.46 Å². The Kier molecular flexibility index (Phi) is 6.21. The quantitative estimate of drug-likeness (QED) is 0.659. The molecule has 0 aromatic heterocycles. The van der Waals surface area contributed by atoms with Gasteiger partial charge in [0.25, 0.3) is 0 Å². The molecule has 0 bridgehead atoms. The van der Waals surface area contributed by atoms with E-state index in [1.807, 2.05) is 0 Å². The van der Waals surface area contributed by atoms with Crippen molar-refractivity contribution in [3.63, 3.8) is 0 Å². The molecule has 1 amide bonds. The number of hydrogen-bond acceptors (Lipinski definition) is 5. The predicted molar refractivity (Wildman–Crippen MR) is 53.6 cm³/mol. The van der Waals surface area contributed by atoms with Crippen molar-refractivity contribution in [2.24, 2.45) is 0 Å². The second kappa shape index (κ2) is 6.59. The molecule has 0 fully saturated rings. The Morgan fingerprint density at radius 1 is 1.47 bits per heavy atom. The van der Waals surface area contributed by atoms with Gasteiger partial charge in [-0.05, 0) is 13.8 Å². The molecule has 8 heteroatoms. The largest absolute Gasteiger partial charge is 0.449 e. The summed E-state index contributed by atoms with van der Waals surface area (Å²) in [6.45, 7) is 3.45. The van der Waals surface area contributed by atoms with Crippen molar-refractivity contribution in [3.8, 4) is 0 Å². The number of amides is 1. The molecule has 0 saturated carbocycles. The van der Waals surface area contributed by atoms with E-state index in [1.165, 1.54) is 7.11 Å². The smallest absolute Gasteiger partial charge is 0.421 e. The van der Waals surface area contributed by atoms with Gasteiger partial charge in [0.2, 0.25) is 0 Å². The number of carbonyl (C=O) groups is 1. The second-order valence-electron chi connectivity index (χ2n) is 2.72. The summed E-state index contributed by atoms with van der Waals surface area (Å²) in [7, 11) is -2.41. The summed E-state index contributed by atoms with van der Waals surface area (Å²) in [5, 5.41) is 0. The van der Waals surface area contributed by atoms with Crippen LogP contribution in [-0.2, 0) is 19.7 Å². The number of methoxy groups -OCH3 is 1. The molecule has 90 valence electrons. The molecule has 0 spiro atoms. The lowest BCUT2D eigenvalue weighted by atomic mass is 10.4. The van der Waals surface area contributed by atoms with Crippen LogP contribution in [0.3, 0.4) is 0 Å². The van der Waals surface area contributed by atoms with Crippen molar-refractivity contribution in [2.45, 2.75) is 20.0 Å². The molecule has 1 atom stereocenters. The zero-order valence-corrected chi connectivity index (χ0v) is 9.76.